The highest BCUT2D eigenvalue weighted by molar-refractivity contribution is 6.01. The van der Waals surface area contributed by atoms with Crippen LogP contribution in [0.4, 0.5) is 0 Å². The smallest absolute Gasteiger partial charge is 0.357 e. The molecule has 0 aliphatic carbocycles. The summed E-state index contributed by atoms with van der Waals surface area (Å²) in [5.41, 5.74) is 0.398. The van der Waals surface area contributed by atoms with Gasteiger partial charge in [-0.1, -0.05) is 0 Å². The molecule has 2 N–H and O–H groups in total. The first-order valence-corrected chi connectivity index (χ1v) is 5.27. The van der Waals surface area contributed by atoms with Crippen LogP contribution in [0.15, 0.2) is 18.2 Å². The fraction of sp³-hybridized carbons (Fsp3) is 0.333. The average molecular weight is 234 g/mol. The number of H-pyrrole nitrogens is 1. The van der Waals surface area contributed by atoms with E-state index in [1.165, 1.54) is 0 Å². The van der Waals surface area contributed by atoms with Crippen LogP contribution < -0.4 is 4.74 Å². The van der Waals surface area contributed by atoms with Gasteiger partial charge in [0.25, 0.3) is 0 Å². The van der Waals surface area contributed by atoms with Crippen molar-refractivity contribution in [3.8, 4) is 5.75 Å². The fourth-order valence-corrected chi connectivity index (χ4v) is 1.58. The Bertz CT molecular complexity index is 567. The number of carboxylic acid groups (broad SMARTS) is 1. The number of hydrogen-bond acceptors (Lipinski definition) is 3. The van der Waals surface area contributed by atoms with E-state index in [9.17, 15) is 4.79 Å². The molecule has 1 heterocycles. The molecule has 0 aliphatic rings. The average Bonchev–Trinajstić information content (AvgIpc) is 2.57. The highest BCUT2D eigenvalue weighted by Crippen LogP contribution is 2.24. The largest absolute Gasteiger partial charge is 0.488 e. The molecule has 0 unspecified atom stereocenters. The molecule has 0 aliphatic heterocycles. The Labute approximate surface area is 98.4 Å². The van der Waals surface area contributed by atoms with Gasteiger partial charge in [0, 0.05) is 11.5 Å². The molecule has 0 amide bonds. The molecule has 0 fully saturated rings. The van der Waals surface area contributed by atoms with Crippen molar-refractivity contribution in [2.45, 2.75) is 26.4 Å². The molecule has 2 rings (SSSR count). The van der Waals surface area contributed by atoms with Gasteiger partial charge in [0.2, 0.25) is 0 Å². The van der Waals surface area contributed by atoms with Crippen LogP contribution in [0, 0.1) is 0 Å². The van der Waals surface area contributed by atoms with Crippen molar-refractivity contribution in [3.05, 3.63) is 23.9 Å². The van der Waals surface area contributed by atoms with E-state index < -0.39 is 5.97 Å². The van der Waals surface area contributed by atoms with Gasteiger partial charge in [-0.25, -0.2) is 4.79 Å². The van der Waals surface area contributed by atoms with Crippen molar-refractivity contribution in [1.29, 1.82) is 0 Å². The summed E-state index contributed by atoms with van der Waals surface area (Å²) in [7, 11) is 0. The fourth-order valence-electron chi connectivity index (χ4n) is 1.58. The number of aromatic nitrogens is 2. The van der Waals surface area contributed by atoms with Gasteiger partial charge in [-0.2, -0.15) is 5.10 Å². The van der Waals surface area contributed by atoms with Crippen LogP contribution in [0.25, 0.3) is 10.9 Å². The lowest BCUT2D eigenvalue weighted by molar-refractivity contribution is 0.0692. The summed E-state index contributed by atoms with van der Waals surface area (Å²) in [6.07, 6.45) is 0. The predicted molar refractivity (Wildman–Crippen MR) is 63.4 cm³/mol. The predicted octanol–water partition coefficient (Wildman–Crippen LogP) is 2.44. The van der Waals surface area contributed by atoms with Gasteiger partial charge >= 0.3 is 5.97 Å². The van der Waals surface area contributed by atoms with E-state index in [1.54, 1.807) is 18.2 Å². The van der Waals surface area contributed by atoms with Gasteiger partial charge in [0.1, 0.15) is 11.4 Å². The van der Waals surface area contributed by atoms with Crippen molar-refractivity contribution in [3.63, 3.8) is 0 Å². The minimum atomic E-state index is -1.04. The number of hydrogen-bond donors (Lipinski definition) is 2. The van der Waals surface area contributed by atoms with Crippen molar-refractivity contribution in [2.75, 3.05) is 0 Å². The Morgan fingerprint density at radius 1 is 1.41 bits per heavy atom. The third-order valence-corrected chi connectivity index (χ3v) is 2.16. The van der Waals surface area contributed by atoms with E-state index in [0.717, 1.165) is 0 Å². The standard InChI is InChI=1S/C12H14N2O3/c1-12(2,3)17-7-4-5-8-9(6-7)13-14-10(8)11(15)16/h4-6H,1-3H3,(H,13,14)(H,15,16). The molecule has 2 aromatic rings. The SMILES string of the molecule is CC(C)(C)Oc1ccc2c(C(=O)O)n[nH]c2c1. The van der Waals surface area contributed by atoms with Crippen LogP contribution in [0.3, 0.4) is 0 Å². The Balaban J connectivity index is 2.43. The number of nitrogens with zero attached hydrogens (tertiary/aromatic N) is 1. The number of carbonyl (C=O) groups is 1. The zero-order chi connectivity index (χ0) is 12.6. The maximum atomic E-state index is 10.9. The molecule has 1 aromatic heterocycles. The summed E-state index contributed by atoms with van der Waals surface area (Å²) in [5, 5.41) is 15.9. The molecule has 1 aromatic carbocycles. The molecule has 0 radical (unpaired) electrons. The lowest BCUT2D eigenvalue weighted by Gasteiger charge is -2.21. The first kappa shape index (κ1) is 11.4. The lowest BCUT2D eigenvalue weighted by atomic mass is 10.1. The van der Waals surface area contributed by atoms with E-state index in [0.29, 0.717) is 16.7 Å². The van der Waals surface area contributed by atoms with Gasteiger partial charge in [0.15, 0.2) is 5.69 Å². The Morgan fingerprint density at radius 3 is 2.71 bits per heavy atom. The lowest BCUT2D eigenvalue weighted by Crippen LogP contribution is -2.22. The number of rotatable bonds is 2. The highest BCUT2D eigenvalue weighted by atomic mass is 16.5. The third-order valence-electron chi connectivity index (χ3n) is 2.16. The van der Waals surface area contributed by atoms with Crippen LogP contribution in [0.2, 0.25) is 0 Å². The molecule has 0 saturated heterocycles. The van der Waals surface area contributed by atoms with Gasteiger partial charge in [-0.3, -0.25) is 5.10 Å². The second-order valence-corrected chi connectivity index (χ2v) is 4.80. The third kappa shape index (κ3) is 2.38. The van der Waals surface area contributed by atoms with Gasteiger partial charge in [-0.05, 0) is 32.9 Å². The number of aromatic amines is 1. The Hall–Kier alpha value is -2.04. The minimum absolute atomic E-state index is 0.0299. The first-order valence-electron chi connectivity index (χ1n) is 5.27. The monoisotopic (exact) mass is 234 g/mol. The van der Waals surface area contributed by atoms with E-state index in [-0.39, 0.29) is 11.3 Å². The second-order valence-electron chi connectivity index (χ2n) is 4.80. The summed E-state index contributed by atoms with van der Waals surface area (Å²) in [6, 6.07) is 5.19. The zero-order valence-electron chi connectivity index (χ0n) is 9.94. The van der Waals surface area contributed by atoms with Gasteiger partial charge in [0.05, 0.1) is 5.52 Å². The van der Waals surface area contributed by atoms with Crippen LogP contribution in [-0.4, -0.2) is 26.9 Å². The van der Waals surface area contributed by atoms with Crippen LogP contribution in [-0.2, 0) is 0 Å². The number of ether oxygens (including phenoxy) is 1. The van der Waals surface area contributed by atoms with Crippen LogP contribution in [0.5, 0.6) is 5.75 Å². The maximum absolute atomic E-state index is 10.9. The number of benzene rings is 1. The number of nitrogens with one attached hydrogen (secondary N) is 1. The normalized spacial score (nSPS) is 11.7. The Morgan fingerprint density at radius 2 is 2.12 bits per heavy atom. The van der Waals surface area contributed by atoms with E-state index in [1.807, 2.05) is 20.8 Å². The summed E-state index contributed by atoms with van der Waals surface area (Å²) >= 11 is 0. The molecule has 5 heteroatoms. The molecule has 5 nitrogen and oxygen atoms in total. The second kappa shape index (κ2) is 3.76. The van der Waals surface area contributed by atoms with E-state index in [2.05, 4.69) is 10.2 Å². The zero-order valence-corrected chi connectivity index (χ0v) is 9.94. The minimum Gasteiger partial charge on any atom is -0.488 e. The molecule has 0 bridgehead atoms. The molecular formula is C12H14N2O3. The summed E-state index contributed by atoms with van der Waals surface area (Å²) in [5.74, 6) is -0.355. The van der Waals surface area contributed by atoms with E-state index in [4.69, 9.17) is 9.84 Å². The molecule has 0 saturated carbocycles. The summed E-state index contributed by atoms with van der Waals surface area (Å²) in [4.78, 5) is 10.9. The first-order chi connectivity index (χ1) is 7.87. The highest BCUT2D eigenvalue weighted by Gasteiger charge is 2.15. The summed E-state index contributed by atoms with van der Waals surface area (Å²) < 4.78 is 5.68. The topological polar surface area (TPSA) is 75.2 Å². The molecular weight excluding hydrogens is 220 g/mol. The quantitative estimate of drug-likeness (QED) is 0.836. The number of fused-ring (bicyclic) bond motifs is 1. The van der Waals surface area contributed by atoms with Crippen molar-refractivity contribution in [1.82, 2.24) is 10.2 Å². The van der Waals surface area contributed by atoms with Crippen molar-refractivity contribution < 1.29 is 14.6 Å². The molecule has 90 valence electrons. The van der Waals surface area contributed by atoms with Crippen molar-refractivity contribution >= 4 is 16.9 Å². The Kier molecular flexibility index (Phi) is 2.53. The van der Waals surface area contributed by atoms with E-state index >= 15 is 0 Å². The van der Waals surface area contributed by atoms with Gasteiger partial charge < -0.3 is 9.84 Å². The van der Waals surface area contributed by atoms with Gasteiger partial charge in [-0.15, -0.1) is 0 Å². The van der Waals surface area contributed by atoms with Crippen LogP contribution in [0.1, 0.15) is 31.3 Å². The molecule has 17 heavy (non-hydrogen) atoms. The number of carboxylic acids is 1. The maximum Gasteiger partial charge on any atom is 0.357 e. The molecule has 0 spiro atoms. The summed E-state index contributed by atoms with van der Waals surface area (Å²) in [6.45, 7) is 5.85. The molecule has 0 atom stereocenters. The number of aromatic carboxylic acids is 1. The van der Waals surface area contributed by atoms with Crippen LogP contribution >= 0.6 is 0 Å². The van der Waals surface area contributed by atoms with Crippen molar-refractivity contribution in [2.24, 2.45) is 0 Å².